The number of hydrogen-bond acceptors (Lipinski definition) is 9. The van der Waals surface area contributed by atoms with Gasteiger partial charge < -0.3 is 20.5 Å². The standard InChI is InChI=1S/C25H27N5O5S2.H3N/c1-3-19-15-36-25(27-19)22(14-18-9-11-20(12-10-18)30-37(32,33)34)28-23(31)21(24-26-16(2)29-35-24)13-17-7-5-4-6-8-17;/h4-12,15,21-22,30H,3,13-14H2,1-2H3,(H,28,31)(H,32,33,34);1H3/t21?,22-;/m0./s1. The lowest BCUT2D eigenvalue weighted by atomic mass is 9.97. The van der Waals surface area contributed by atoms with Crippen molar-refractivity contribution in [1.82, 2.24) is 26.6 Å². The molecule has 202 valence electrons. The zero-order valence-corrected chi connectivity index (χ0v) is 22.9. The minimum Gasteiger partial charge on any atom is -0.731 e. The number of carbonyl (C=O) groups excluding carboxylic acids is 1. The Morgan fingerprint density at radius 2 is 1.74 bits per heavy atom. The van der Waals surface area contributed by atoms with Crippen LogP contribution in [-0.4, -0.2) is 34.0 Å². The van der Waals surface area contributed by atoms with Gasteiger partial charge in [0.05, 0.1) is 11.7 Å². The topological polar surface area (TPSA) is 187 Å². The fourth-order valence-corrected chi connectivity index (χ4v) is 5.18. The summed E-state index contributed by atoms with van der Waals surface area (Å²) in [6, 6.07) is 15.5. The quantitative estimate of drug-likeness (QED) is 0.230. The summed E-state index contributed by atoms with van der Waals surface area (Å²) in [5.41, 5.74) is 2.86. The van der Waals surface area contributed by atoms with Gasteiger partial charge in [0.2, 0.25) is 11.8 Å². The van der Waals surface area contributed by atoms with Gasteiger partial charge in [-0.05, 0) is 49.4 Å². The molecule has 1 amide bonds. The van der Waals surface area contributed by atoms with Gasteiger partial charge in [0.25, 0.3) is 0 Å². The Morgan fingerprint density at radius 1 is 1.05 bits per heavy atom. The Balaban J connectivity index is 0.00000400. The van der Waals surface area contributed by atoms with Crippen LogP contribution in [0.15, 0.2) is 64.5 Å². The van der Waals surface area contributed by atoms with Crippen LogP contribution in [0.2, 0.25) is 0 Å². The molecule has 0 aliphatic heterocycles. The van der Waals surface area contributed by atoms with Gasteiger partial charge in [-0.25, -0.2) is 13.4 Å². The Hall–Kier alpha value is -3.65. The molecule has 4 rings (SSSR count). The first-order chi connectivity index (χ1) is 17.7. The van der Waals surface area contributed by atoms with E-state index in [4.69, 9.17) is 4.52 Å². The number of rotatable bonds is 11. The second-order valence-electron chi connectivity index (χ2n) is 8.47. The van der Waals surface area contributed by atoms with E-state index in [1.54, 1.807) is 19.1 Å². The molecular weight excluding hydrogens is 528 g/mol. The largest absolute Gasteiger partial charge is 0.731 e. The molecule has 6 N–H and O–H groups in total. The third-order valence-corrected chi connectivity index (χ3v) is 7.12. The lowest BCUT2D eigenvalue weighted by molar-refractivity contribution is -0.123. The zero-order chi connectivity index (χ0) is 26.4. The summed E-state index contributed by atoms with van der Waals surface area (Å²) in [6.07, 6.45) is 1.54. The van der Waals surface area contributed by atoms with E-state index >= 15 is 0 Å². The van der Waals surface area contributed by atoms with Crippen LogP contribution in [0, 0.1) is 6.92 Å². The molecule has 2 heterocycles. The maximum Gasteiger partial charge on any atom is 0.239 e. The maximum atomic E-state index is 13.6. The van der Waals surface area contributed by atoms with E-state index in [2.05, 4.69) is 20.4 Å². The summed E-state index contributed by atoms with van der Waals surface area (Å²) in [6.45, 7) is 3.71. The van der Waals surface area contributed by atoms with Crippen molar-refractivity contribution in [2.24, 2.45) is 0 Å². The molecule has 0 fully saturated rings. The molecule has 0 spiro atoms. The Bertz CT molecular complexity index is 1440. The summed E-state index contributed by atoms with van der Waals surface area (Å²) in [5.74, 6) is -0.300. The summed E-state index contributed by atoms with van der Waals surface area (Å²) in [7, 11) is -4.62. The lowest BCUT2D eigenvalue weighted by Gasteiger charge is -2.20. The van der Waals surface area contributed by atoms with E-state index in [-0.39, 0.29) is 23.6 Å². The first-order valence-electron chi connectivity index (χ1n) is 11.6. The molecule has 2 aromatic heterocycles. The number of quaternary nitrogens is 1. The molecule has 0 bridgehead atoms. The first kappa shape index (κ1) is 28.9. The van der Waals surface area contributed by atoms with Gasteiger partial charge in [0.1, 0.15) is 10.9 Å². The molecule has 0 aliphatic rings. The molecule has 0 saturated carbocycles. The minimum absolute atomic E-state index is 0. The molecule has 0 saturated heterocycles. The van der Waals surface area contributed by atoms with Gasteiger partial charge >= 0.3 is 0 Å². The summed E-state index contributed by atoms with van der Waals surface area (Å²) in [5, 5.41) is 9.69. The van der Waals surface area contributed by atoms with Crippen molar-refractivity contribution in [1.29, 1.82) is 0 Å². The van der Waals surface area contributed by atoms with Crippen molar-refractivity contribution in [2.75, 3.05) is 4.72 Å². The van der Waals surface area contributed by atoms with Crippen molar-refractivity contribution in [3.8, 4) is 0 Å². The Kier molecular flexibility index (Phi) is 9.69. The van der Waals surface area contributed by atoms with Gasteiger partial charge in [0, 0.05) is 11.1 Å². The van der Waals surface area contributed by atoms with Crippen LogP contribution in [0.1, 0.15) is 52.4 Å². The molecule has 13 heteroatoms. The highest BCUT2D eigenvalue weighted by molar-refractivity contribution is 7.87. The molecule has 0 radical (unpaired) electrons. The second kappa shape index (κ2) is 12.7. The SMILES string of the molecule is CCc1csc([C@H](Cc2ccc(NS(=O)(=O)[O-])cc2)NC(=O)C(Cc2ccccc2)c2nc(C)no2)n1.[NH4+]. The van der Waals surface area contributed by atoms with Crippen molar-refractivity contribution >= 4 is 33.2 Å². The molecule has 38 heavy (non-hydrogen) atoms. The van der Waals surface area contributed by atoms with Crippen LogP contribution < -0.4 is 16.2 Å². The maximum absolute atomic E-state index is 13.6. The van der Waals surface area contributed by atoms with Crippen molar-refractivity contribution in [2.45, 2.75) is 45.1 Å². The molecule has 4 aromatic rings. The van der Waals surface area contributed by atoms with Crippen LogP contribution >= 0.6 is 11.3 Å². The third kappa shape index (κ3) is 7.92. The van der Waals surface area contributed by atoms with Crippen LogP contribution in [0.5, 0.6) is 0 Å². The van der Waals surface area contributed by atoms with Crippen molar-refractivity contribution in [3.63, 3.8) is 0 Å². The minimum atomic E-state index is -4.62. The van der Waals surface area contributed by atoms with Gasteiger partial charge in [0.15, 0.2) is 16.1 Å². The molecule has 1 unspecified atom stereocenters. The normalized spacial score (nSPS) is 12.8. The van der Waals surface area contributed by atoms with E-state index in [0.717, 1.165) is 28.2 Å². The number of hydrogen-bond donors (Lipinski definition) is 3. The average Bonchev–Trinajstić information content (AvgIpc) is 3.52. The number of amides is 1. The highest BCUT2D eigenvalue weighted by Crippen LogP contribution is 2.27. The van der Waals surface area contributed by atoms with E-state index in [1.165, 1.54) is 23.5 Å². The highest BCUT2D eigenvalue weighted by atomic mass is 32.2. The average molecular weight is 559 g/mol. The van der Waals surface area contributed by atoms with Crippen LogP contribution in [0.25, 0.3) is 0 Å². The summed E-state index contributed by atoms with van der Waals surface area (Å²) in [4.78, 5) is 22.6. The van der Waals surface area contributed by atoms with Gasteiger partial charge in [-0.15, -0.1) is 11.3 Å². The second-order valence-corrected chi connectivity index (χ2v) is 10.5. The Morgan fingerprint density at radius 3 is 2.32 bits per heavy atom. The molecule has 11 nitrogen and oxygen atoms in total. The van der Waals surface area contributed by atoms with E-state index in [1.807, 2.05) is 47.4 Å². The molecule has 2 atom stereocenters. The number of thiazole rings is 1. The van der Waals surface area contributed by atoms with Crippen LogP contribution in [0.4, 0.5) is 5.69 Å². The number of aromatic nitrogens is 3. The lowest BCUT2D eigenvalue weighted by Crippen LogP contribution is -2.35. The number of nitrogens with one attached hydrogen (secondary N) is 2. The number of aryl methyl sites for hydroxylation is 2. The van der Waals surface area contributed by atoms with Gasteiger partial charge in [-0.3, -0.25) is 9.52 Å². The summed E-state index contributed by atoms with van der Waals surface area (Å²) < 4.78 is 40.2. The smallest absolute Gasteiger partial charge is 0.239 e. The molecule has 2 aromatic carbocycles. The fourth-order valence-electron chi connectivity index (χ4n) is 3.80. The Labute approximate surface area is 225 Å². The molecular formula is C25H30N6O5S2. The predicted octanol–water partition coefficient (Wildman–Crippen LogP) is 4.07. The molecule has 0 aliphatic carbocycles. The van der Waals surface area contributed by atoms with E-state index < -0.39 is 22.3 Å². The van der Waals surface area contributed by atoms with Crippen LogP contribution in [-0.2, 0) is 34.4 Å². The summed E-state index contributed by atoms with van der Waals surface area (Å²) >= 11 is 1.46. The first-order valence-corrected chi connectivity index (χ1v) is 13.9. The highest BCUT2D eigenvalue weighted by Gasteiger charge is 2.30. The van der Waals surface area contributed by atoms with E-state index in [0.29, 0.717) is 18.7 Å². The zero-order valence-electron chi connectivity index (χ0n) is 21.2. The number of nitrogens with zero attached hydrogens (tertiary/aromatic N) is 3. The van der Waals surface area contributed by atoms with Crippen LogP contribution in [0.3, 0.4) is 0 Å². The van der Waals surface area contributed by atoms with Gasteiger partial charge in [-0.1, -0.05) is 54.5 Å². The predicted molar refractivity (Wildman–Crippen MR) is 144 cm³/mol. The van der Waals surface area contributed by atoms with Crippen molar-refractivity contribution in [3.05, 3.63) is 93.5 Å². The number of benzene rings is 2. The fraction of sp³-hybridized carbons (Fsp3) is 0.280. The number of carbonyl (C=O) groups is 1. The van der Waals surface area contributed by atoms with E-state index in [9.17, 15) is 17.8 Å². The van der Waals surface area contributed by atoms with Crippen molar-refractivity contribution < 1.29 is 22.3 Å². The number of anilines is 1. The third-order valence-electron chi connectivity index (χ3n) is 5.62. The van der Waals surface area contributed by atoms with Gasteiger partial charge in [-0.2, -0.15) is 4.98 Å². The monoisotopic (exact) mass is 558 g/mol.